The van der Waals surface area contributed by atoms with Crippen LogP contribution in [0.3, 0.4) is 0 Å². The van der Waals surface area contributed by atoms with E-state index in [2.05, 4.69) is 5.32 Å². The molecule has 0 radical (unpaired) electrons. The first kappa shape index (κ1) is 12.8. The minimum absolute atomic E-state index is 0.0291. The molecule has 6 heteroatoms. The predicted octanol–water partition coefficient (Wildman–Crippen LogP) is -0.0186. The summed E-state index contributed by atoms with van der Waals surface area (Å²) in [7, 11) is 0. The molecule has 0 saturated carbocycles. The minimum Gasteiger partial charge on any atom is -0.508 e. The molecule has 1 amide bonds. The van der Waals surface area contributed by atoms with Gasteiger partial charge in [0.25, 0.3) is 0 Å². The molecule has 0 aliphatic rings. The number of phenols is 1. The average molecular weight is 245 g/mol. The fourth-order valence-electron chi connectivity index (χ4n) is 1.14. The molecular weight excluding hydrogens is 232 g/mol. The fraction of sp³-hybridized carbons (Fsp3) is 0.300. The molecule has 1 unspecified atom stereocenters. The van der Waals surface area contributed by atoms with Gasteiger partial charge in [0.2, 0.25) is 5.91 Å². The molecule has 1 aromatic rings. The van der Waals surface area contributed by atoms with Crippen molar-refractivity contribution in [3.63, 3.8) is 0 Å². The third-order valence-electron chi connectivity index (χ3n) is 2.02. The summed E-state index contributed by atoms with van der Waals surface area (Å²) in [6.07, 6.45) is -1.23. The molecule has 0 bridgehead atoms. The largest absolute Gasteiger partial charge is 0.508 e. The number of halogens is 1. The molecule has 5 N–H and O–H groups in total. The average Bonchev–Trinajstić information content (AvgIpc) is 2.22. The molecule has 1 aromatic carbocycles. The van der Waals surface area contributed by atoms with Gasteiger partial charge in [-0.15, -0.1) is 0 Å². The number of benzene rings is 1. The molecule has 88 valence electrons. The van der Waals surface area contributed by atoms with Crippen LogP contribution in [0.2, 0.25) is 5.02 Å². The van der Waals surface area contributed by atoms with Gasteiger partial charge < -0.3 is 21.3 Å². The van der Waals surface area contributed by atoms with E-state index in [9.17, 15) is 9.90 Å². The van der Waals surface area contributed by atoms with Gasteiger partial charge in [0.15, 0.2) is 0 Å². The number of aliphatic hydroxyl groups is 1. The third kappa shape index (κ3) is 3.69. The molecule has 0 aliphatic heterocycles. The van der Waals surface area contributed by atoms with Crippen molar-refractivity contribution in [2.24, 2.45) is 5.73 Å². The van der Waals surface area contributed by atoms with Gasteiger partial charge >= 0.3 is 0 Å². The maximum absolute atomic E-state index is 10.5. The van der Waals surface area contributed by atoms with E-state index in [1.807, 2.05) is 0 Å². The highest BCUT2D eigenvalue weighted by Gasteiger charge is 2.10. The molecule has 0 saturated heterocycles. The van der Waals surface area contributed by atoms with E-state index in [1.165, 1.54) is 6.07 Å². The van der Waals surface area contributed by atoms with Crippen molar-refractivity contribution < 1.29 is 15.0 Å². The number of aliphatic hydroxyl groups excluding tert-OH is 1. The Labute approximate surface area is 97.8 Å². The van der Waals surface area contributed by atoms with Crippen molar-refractivity contribution in [1.29, 1.82) is 0 Å². The first-order valence-corrected chi connectivity index (χ1v) is 5.04. The Morgan fingerprint density at radius 1 is 1.56 bits per heavy atom. The number of carbonyl (C=O) groups excluding carboxylic acids is 1. The fourth-order valence-corrected chi connectivity index (χ4v) is 1.33. The van der Waals surface area contributed by atoms with Crippen LogP contribution in [0.5, 0.6) is 5.75 Å². The number of aromatic hydroxyl groups is 1. The predicted molar refractivity (Wildman–Crippen MR) is 60.0 cm³/mol. The maximum Gasteiger partial charge on any atom is 0.247 e. The van der Waals surface area contributed by atoms with E-state index in [0.717, 1.165) is 0 Å². The van der Waals surface area contributed by atoms with Crippen LogP contribution in [-0.2, 0) is 11.3 Å². The number of hydrogen-bond acceptors (Lipinski definition) is 4. The van der Waals surface area contributed by atoms with Gasteiger partial charge in [0.05, 0.1) is 0 Å². The van der Waals surface area contributed by atoms with E-state index in [-0.39, 0.29) is 18.8 Å². The molecule has 0 heterocycles. The van der Waals surface area contributed by atoms with Crippen LogP contribution >= 0.6 is 11.6 Å². The monoisotopic (exact) mass is 244 g/mol. The van der Waals surface area contributed by atoms with Gasteiger partial charge in [-0.1, -0.05) is 11.6 Å². The zero-order valence-corrected chi connectivity index (χ0v) is 9.24. The van der Waals surface area contributed by atoms with Gasteiger partial charge in [-0.25, -0.2) is 0 Å². The number of phenolic OH excluding ortho intramolecular Hbond substituents is 1. The van der Waals surface area contributed by atoms with E-state index in [1.54, 1.807) is 12.1 Å². The number of carbonyl (C=O) groups is 1. The van der Waals surface area contributed by atoms with Gasteiger partial charge in [-0.05, 0) is 18.2 Å². The third-order valence-corrected chi connectivity index (χ3v) is 2.26. The number of rotatable bonds is 5. The Morgan fingerprint density at radius 2 is 2.25 bits per heavy atom. The highest BCUT2D eigenvalue weighted by molar-refractivity contribution is 6.30. The van der Waals surface area contributed by atoms with E-state index >= 15 is 0 Å². The number of nitrogens with one attached hydrogen (secondary N) is 1. The molecule has 16 heavy (non-hydrogen) atoms. The maximum atomic E-state index is 10.5. The van der Waals surface area contributed by atoms with Gasteiger partial charge in [0.1, 0.15) is 11.9 Å². The van der Waals surface area contributed by atoms with Crippen LogP contribution in [0.15, 0.2) is 18.2 Å². The molecule has 0 fully saturated rings. The number of nitrogens with two attached hydrogens (primary N) is 1. The topological polar surface area (TPSA) is 95.6 Å². The smallest absolute Gasteiger partial charge is 0.247 e. The minimum atomic E-state index is -1.23. The van der Waals surface area contributed by atoms with Gasteiger partial charge in [-0.3, -0.25) is 4.79 Å². The summed E-state index contributed by atoms with van der Waals surface area (Å²) in [6.45, 7) is 0.317. The van der Waals surface area contributed by atoms with E-state index in [0.29, 0.717) is 10.6 Å². The summed E-state index contributed by atoms with van der Waals surface area (Å²) < 4.78 is 0. The molecule has 1 rings (SSSR count). The Hall–Kier alpha value is -1.30. The summed E-state index contributed by atoms with van der Waals surface area (Å²) in [6, 6.07) is 4.64. The molecule has 0 aromatic heterocycles. The number of hydrogen-bond donors (Lipinski definition) is 4. The highest BCUT2D eigenvalue weighted by atomic mass is 35.5. The summed E-state index contributed by atoms with van der Waals surface area (Å²) >= 11 is 5.75. The van der Waals surface area contributed by atoms with Crippen LogP contribution in [0.4, 0.5) is 0 Å². The Balaban J connectivity index is 2.48. The number of primary amides is 1. The number of amides is 1. The lowest BCUT2D eigenvalue weighted by atomic mass is 10.2. The van der Waals surface area contributed by atoms with Gasteiger partial charge in [-0.2, -0.15) is 0 Å². The molecule has 0 spiro atoms. The second kappa shape index (κ2) is 5.69. The molecular formula is C10H13ClN2O3. The summed E-state index contributed by atoms with van der Waals surface area (Å²) in [5, 5.41) is 21.8. The Bertz CT molecular complexity index is 384. The van der Waals surface area contributed by atoms with Crippen molar-refractivity contribution in [2.45, 2.75) is 12.6 Å². The van der Waals surface area contributed by atoms with Crippen molar-refractivity contribution in [1.82, 2.24) is 5.32 Å². The van der Waals surface area contributed by atoms with Crippen molar-refractivity contribution >= 4 is 17.5 Å². The second-order valence-electron chi connectivity index (χ2n) is 3.32. The van der Waals surface area contributed by atoms with Crippen LogP contribution < -0.4 is 11.1 Å². The molecule has 5 nitrogen and oxygen atoms in total. The molecule has 0 aliphatic carbocycles. The first-order valence-electron chi connectivity index (χ1n) is 4.66. The standard InChI is InChI=1S/C10H13ClN2O3/c11-7-1-2-8(14)6(3-7)4-13-5-9(15)10(12)16/h1-3,9,13-15H,4-5H2,(H2,12,16). The van der Waals surface area contributed by atoms with Crippen molar-refractivity contribution in [3.05, 3.63) is 28.8 Å². The Kier molecular flexibility index (Phi) is 4.54. The highest BCUT2D eigenvalue weighted by Crippen LogP contribution is 2.20. The summed E-state index contributed by atoms with van der Waals surface area (Å²) in [4.78, 5) is 10.5. The quantitative estimate of drug-likeness (QED) is 0.586. The zero-order chi connectivity index (χ0) is 12.1. The normalized spacial score (nSPS) is 12.4. The van der Waals surface area contributed by atoms with E-state index < -0.39 is 12.0 Å². The first-order chi connectivity index (χ1) is 7.50. The van der Waals surface area contributed by atoms with Crippen LogP contribution in [0, 0.1) is 0 Å². The summed E-state index contributed by atoms with van der Waals surface area (Å²) in [5.74, 6) is -0.687. The van der Waals surface area contributed by atoms with Crippen molar-refractivity contribution in [3.8, 4) is 5.75 Å². The molecule has 1 atom stereocenters. The van der Waals surface area contributed by atoms with E-state index in [4.69, 9.17) is 22.4 Å². The summed E-state index contributed by atoms with van der Waals surface area (Å²) in [5.41, 5.74) is 5.46. The SMILES string of the molecule is NC(=O)C(O)CNCc1cc(Cl)ccc1O. The van der Waals surface area contributed by atoms with Crippen LogP contribution in [0.25, 0.3) is 0 Å². The Morgan fingerprint density at radius 3 is 2.88 bits per heavy atom. The lowest BCUT2D eigenvalue weighted by Gasteiger charge is -2.09. The van der Waals surface area contributed by atoms with Gasteiger partial charge in [0, 0.05) is 23.7 Å². The van der Waals surface area contributed by atoms with Crippen molar-refractivity contribution in [2.75, 3.05) is 6.54 Å². The lowest BCUT2D eigenvalue weighted by molar-refractivity contribution is -0.125. The van der Waals surface area contributed by atoms with Crippen LogP contribution in [0.1, 0.15) is 5.56 Å². The van der Waals surface area contributed by atoms with Crippen LogP contribution in [-0.4, -0.2) is 28.8 Å². The lowest BCUT2D eigenvalue weighted by Crippen LogP contribution is -2.37. The zero-order valence-electron chi connectivity index (χ0n) is 8.48. The second-order valence-corrected chi connectivity index (χ2v) is 3.76.